The third-order valence-corrected chi connectivity index (χ3v) is 7.50. The van der Waals surface area contributed by atoms with Crippen LogP contribution in [-0.2, 0) is 9.59 Å². The van der Waals surface area contributed by atoms with Crippen LogP contribution in [0, 0.1) is 11.8 Å². The van der Waals surface area contributed by atoms with Crippen LogP contribution in [0.5, 0.6) is 0 Å². The number of amides is 2. The Labute approximate surface area is 180 Å². The molecule has 0 unspecified atom stereocenters. The number of thiophene rings is 1. The van der Waals surface area contributed by atoms with Crippen molar-refractivity contribution >= 4 is 40.2 Å². The summed E-state index contributed by atoms with van der Waals surface area (Å²) in [6.45, 7) is 4.52. The number of likely N-dealkylation sites (tertiary alicyclic amines) is 1. The molecule has 5 rings (SSSR count). The largest absolute Gasteiger partial charge is 0.352 e. The Morgan fingerprint density at radius 2 is 1.83 bits per heavy atom. The summed E-state index contributed by atoms with van der Waals surface area (Å²) in [7, 11) is 0. The van der Waals surface area contributed by atoms with Crippen LogP contribution in [0.25, 0.3) is 5.57 Å². The zero-order valence-electron chi connectivity index (χ0n) is 17.1. The number of rotatable bonds is 5. The number of anilines is 1. The number of allylic oxidation sites excluding steroid dienone is 1. The first kappa shape index (κ1) is 19.2. The third kappa shape index (κ3) is 2.63. The van der Waals surface area contributed by atoms with E-state index < -0.39 is 17.9 Å². The predicted octanol–water partition coefficient (Wildman–Crippen LogP) is 4.01. The van der Waals surface area contributed by atoms with Gasteiger partial charge in [0, 0.05) is 17.8 Å². The molecule has 2 fully saturated rings. The molecule has 5 nitrogen and oxygen atoms in total. The smallest absolute Gasteiger partial charge is 0.235 e. The Balaban J connectivity index is 1.65. The van der Waals surface area contributed by atoms with Crippen molar-refractivity contribution in [1.82, 2.24) is 4.90 Å². The second-order valence-electron chi connectivity index (χ2n) is 8.28. The van der Waals surface area contributed by atoms with Gasteiger partial charge in [0.15, 0.2) is 5.78 Å². The fourth-order valence-corrected chi connectivity index (χ4v) is 5.96. The summed E-state index contributed by atoms with van der Waals surface area (Å²) in [5.74, 6) is -1.52. The molecule has 2 saturated heterocycles. The molecule has 4 atom stereocenters. The van der Waals surface area contributed by atoms with Gasteiger partial charge in [0.1, 0.15) is 6.04 Å². The third-order valence-electron chi connectivity index (χ3n) is 6.61. The topological polar surface area (TPSA) is 57.7 Å². The first-order valence-electron chi connectivity index (χ1n) is 10.5. The van der Waals surface area contributed by atoms with E-state index in [0.717, 1.165) is 29.7 Å². The van der Waals surface area contributed by atoms with Gasteiger partial charge in [-0.2, -0.15) is 0 Å². The van der Waals surface area contributed by atoms with Crippen molar-refractivity contribution in [2.45, 2.75) is 38.8 Å². The average molecular weight is 421 g/mol. The Morgan fingerprint density at radius 3 is 2.57 bits per heavy atom. The number of Topliss-reactive ketones (excluding diaryl/α,β-unsaturated/α-hetero) is 1. The van der Waals surface area contributed by atoms with E-state index in [1.165, 1.54) is 16.2 Å². The van der Waals surface area contributed by atoms with E-state index in [9.17, 15) is 14.4 Å². The number of imide groups is 1. The van der Waals surface area contributed by atoms with E-state index in [2.05, 4.69) is 6.08 Å². The molecule has 3 aliphatic heterocycles. The molecule has 154 valence electrons. The van der Waals surface area contributed by atoms with Crippen molar-refractivity contribution in [3.8, 4) is 0 Å². The van der Waals surface area contributed by atoms with Crippen LogP contribution < -0.4 is 4.90 Å². The fraction of sp³-hybridized carbons (Fsp3) is 0.375. The highest BCUT2D eigenvalue weighted by atomic mass is 32.1. The number of hydrogen-bond donors (Lipinski definition) is 0. The van der Waals surface area contributed by atoms with Gasteiger partial charge >= 0.3 is 0 Å². The van der Waals surface area contributed by atoms with Gasteiger partial charge in [-0.05, 0) is 36.4 Å². The molecule has 1 aromatic carbocycles. The SMILES string of the molecule is CCCCN1C(=O)[C@@H]2[C@H](C1=O)[C@@H](C(=O)c1cccs1)N1c3ccccc3C(C)=C[C@@H]21. The first-order valence-corrected chi connectivity index (χ1v) is 11.4. The zero-order valence-corrected chi connectivity index (χ0v) is 17.9. The molecule has 1 aromatic heterocycles. The van der Waals surface area contributed by atoms with Crippen LogP contribution in [0.15, 0.2) is 47.9 Å². The molecule has 2 amide bonds. The van der Waals surface area contributed by atoms with Gasteiger partial charge < -0.3 is 4.90 Å². The minimum Gasteiger partial charge on any atom is -0.352 e. The zero-order chi connectivity index (χ0) is 21.0. The van der Waals surface area contributed by atoms with Crippen molar-refractivity contribution in [2.75, 3.05) is 11.4 Å². The van der Waals surface area contributed by atoms with E-state index in [1.54, 1.807) is 0 Å². The lowest BCUT2D eigenvalue weighted by Gasteiger charge is -2.37. The lowest BCUT2D eigenvalue weighted by Crippen LogP contribution is -2.49. The number of para-hydroxylation sites is 1. The monoisotopic (exact) mass is 420 g/mol. The molecule has 0 radical (unpaired) electrons. The van der Waals surface area contributed by atoms with Crippen LogP contribution in [0.3, 0.4) is 0 Å². The van der Waals surface area contributed by atoms with Gasteiger partial charge in [0.2, 0.25) is 11.8 Å². The Kier molecular flexibility index (Phi) is 4.62. The Morgan fingerprint density at radius 1 is 1.07 bits per heavy atom. The normalized spacial score (nSPS) is 27.1. The minimum atomic E-state index is -0.660. The van der Waals surface area contributed by atoms with E-state index in [0.29, 0.717) is 11.4 Å². The number of fused-ring (bicyclic) bond motifs is 5. The number of carbonyl (C=O) groups is 3. The number of carbonyl (C=O) groups excluding carboxylic acids is 3. The lowest BCUT2D eigenvalue weighted by molar-refractivity contribution is -0.140. The molecule has 0 N–H and O–H groups in total. The van der Waals surface area contributed by atoms with Crippen molar-refractivity contribution in [1.29, 1.82) is 0 Å². The summed E-state index contributed by atoms with van der Waals surface area (Å²) < 4.78 is 0. The van der Waals surface area contributed by atoms with Gasteiger partial charge in [0.05, 0.1) is 22.8 Å². The molecule has 0 aliphatic carbocycles. The van der Waals surface area contributed by atoms with E-state index in [-0.39, 0.29) is 23.6 Å². The number of benzene rings is 1. The second kappa shape index (κ2) is 7.20. The number of unbranched alkanes of at least 4 members (excludes halogenated alkanes) is 1. The van der Waals surface area contributed by atoms with Crippen molar-refractivity contribution in [3.63, 3.8) is 0 Å². The van der Waals surface area contributed by atoms with Crippen molar-refractivity contribution in [2.24, 2.45) is 11.8 Å². The van der Waals surface area contributed by atoms with Crippen LogP contribution in [0.1, 0.15) is 41.9 Å². The summed E-state index contributed by atoms with van der Waals surface area (Å²) >= 11 is 1.39. The van der Waals surface area contributed by atoms with Gasteiger partial charge in [0.25, 0.3) is 0 Å². The van der Waals surface area contributed by atoms with Gasteiger partial charge in [-0.1, -0.05) is 43.7 Å². The second-order valence-corrected chi connectivity index (χ2v) is 9.23. The van der Waals surface area contributed by atoms with Gasteiger partial charge in [-0.25, -0.2) is 0 Å². The maximum Gasteiger partial charge on any atom is 0.235 e. The van der Waals surface area contributed by atoms with Crippen LogP contribution >= 0.6 is 11.3 Å². The quantitative estimate of drug-likeness (QED) is 0.542. The summed E-state index contributed by atoms with van der Waals surface area (Å²) in [6, 6.07) is 10.7. The highest BCUT2D eigenvalue weighted by molar-refractivity contribution is 7.12. The number of ketones is 1. The summed E-state index contributed by atoms with van der Waals surface area (Å²) in [5.41, 5.74) is 3.08. The molecule has 6 heteroatoms. The molecule has 0 saturated carbocycles. The summed E-state index contributed by atoms with van der Waals surface area (Å²) in [4.78, 5) is 44.5. The molecule has 4 heterocycles. The molecule has 0 spiro atoms. The Bertz CT molecular complexity index is 1060. The molecule has 2 aromatic rings. The molecular formula is C24H24N2O3S. The molecule has 0 bridgehead atoms. The summed E-state index contributed by atoms with van der Waals surface area (Å²) in [6.07, 6.45) is 3.77. The molecular weight excluding hydrogens is 396 g/mol. The van der Waals surface area contributed by atoms with E-state index >= 15 is 0 Å². The van der Waals surface area contributed by atoms with Crippen LogP contribution in [-0.4, -0.2) is 41.1 Å². The fourth-order valence-electron chi connectivity index (χ4n) is 5.26. The molecule has 3 aliphatic rings. The first-order chi connectivity index (χ1) is 14.5. The molecule has 30 heavy (non-hydrogen) atoms. The predicted molar refractivity (Wildman–Crippen MR) is 117 cm³/mol. The van der Waals surface area contributed by atoms with Gasteiger partial charge in [-0.15, -0.1) is 11.3 Å². The highest BCUT2D eigenvalue weighted by Crippen LogP contribution is 2.50. The standard InChI is InChI=1S/C24H24N2O3S/c1-3-4-11-25-23(28)19-17-13-14(2)15-8-5-6-9-16(15)26(17)21(20(19)24(25)29)22(27)18-10-7-12-30-18/h5-10,12-13,17,19-21H,3-4,11H2,1-2H3/t17-,19-,20-,21-/m0/s1. The number of nitrogens with zero attached hydrogens (tertiary/aromatic N) is 2. The Hall–Kier alpha value is -2.73. The van der Waals surface area contributed by atoms with Crippen molar-refractivity contribution < 1.29 is 14.4 Å². The number of hydrogen-bond acceptors (Lipinski definition) is 5. The minimum absolute atomic E-state index is 0.0660. The maximum atomic E-state index is 13.6. The van der Waals surface area contributed by atoms with E-state index in [1.807, 2.05) is 60.5 Å². The lowest BCUT2D eigenvalue weighted by atomic mass is 9.86. The van der Waals surface area contributed by atoms with Gasteiger partial charge in [-0.3, -0.25) is 19.3 Å². The van der Waals surface area contributed by atoms with Crippen molar-refractivity contribution in [3.05, 3.63) is 58.3 Å². The van der Waals surface area contributed by atoms with Crippen LogP contribution in [0.4, 0.5) is 5.69 Å². The maximum absolute atomic E-state index is 13.6. The summed E-state index contributed by atoms with van der Waals surface area (Å²) in [5, 5.41) is 1.88. The highest BCUT2D eigenvalue weighted by Gasteiger charge is 2.64. The van der Waals surface area contributed by atoms with E-state index in [4.69, 9.17) is 0 Å². The average Bonchev–Trinajstić information content (AvgIpc) is 3.44. The van der Waals surface area contributed by atoms with Crippen LogP contribution in [0.2, 0.25) is 0 Å².